The monoisotopic (exact) mass is 306 g/mol. The van der Waals surface area contributed by atoms with Crippen molar-refractivity contribution < 1.29 is 17.9 Å². The summed E-state index contributed by atoms with van der Waals surface area (Å²) in [6.07, 6.45) is -0.00132. The molecule has 0 aromatic heterocycles. The molecule has 2 atom stereocenters. The van der Waals surface area contributed by atoms with E-state index in [1.165, 1.54) is 0 Å². The predicted octanol–water partition coefficient (Wildman–Crippen LogP) is 1.05. The van der Waals surface area contributed by atoms with Gasteiger partial charge in [0.1, 0.15) is 5.60 Å². The Labute approximate surface area is 121 Å². The predicted molar refractivity (Wildman–Crippen MR) is 78.2 cm³/mol. The van der Waals surface area contributed by atoms with E-state index in [1.807, 2.05) is 0 Å². The van der Waals surface area contributed by atoms with Gasteiger partial charge < -0.3 is 15.8 Å². The lowest BCUT2D eigenvalue weighted by molar-refractivity contribution is 0.0520. The van der Waals surface area contributed by atoms with Crippen molar-refractivity contribution in [2.24, 2.45) is 11.7 Å². The Kier molecular flexibility index (Phi) is 4.76. The van der Waals surface area contributed by atoms with Crippen LogP contribution in [0.1, 0.15) is 41.0 Å². The summed E-state index contributed by atoms with van der Waals surface area (Å²) in [5.41, 5.74) is 5.49. The van der Waals surface area contributed by atoms with Gasteiger partial charge in [-0.25, -0.2) is 13.2 Å². The molecule has 1 rings (SSSR count). The molecule has 0 radical (unpaired) electrons. The van der Waals surface area contributed by atoms with Gasteiger partial charge in [0, 0.05) is 12.6 Å². The third-order valence-corrected chi connectivity index (χ3v) is 6.47. The molecule has 0 saturated carbocycles. The van der Waals surface area contributed by atoms with Crippen LogP contribution in [0.25, 0.3) is 0 Å². The molecule has 1 aliphatic heterocycles. The number of ether oxygens (including phenoxy) is 1. The first-order valence-corrected chi connectivity index (χ1v) is 8.47. The van der Waals surface area contributed by atoms with Crippen molar-refractivity contribution in [3.05, 3.63) is 0 Å². The molecule has 0 aliphatic carbocycles. The number of nitrogens with two attached hydrogens (primary N) is 1. The lowest BCUT2D eigenvalue weighted by atomic mass is 9.86. The first-order chi connectivity index (χ1) is 8.87. The van der Waals surface area contributed by atoms with Crippen molar-refractivity contribution in [2.75, 3.05) is 12.3 Å². The average Bonchev–Trinajstić information content (AvgIpc) is 2.43. The molecule has 1 heterocycles. The Balaban J connectivity index is 2.57. The molecule has 0 aromatic rings. The SMILES string of the molecule is CC(C)(C)OC(=O)NCC(N)C1CCS(=O)(=O)C1(C)C. The maximum absolute atomic E-state index is 12.0. The van der Waals surface area contributed by atoms with E-state index in [9.17, 15) is 13.2 Å². The van der Waals surface area contributed by atoms with Crippen molar-refractivity contribution in [1.29, 1.82) is 0 Å². The Morgan fingerprint density at radius 3 is 2.40 bits per heavy atom. The van der Waals surface area contributed by atoms with Crippen molar-refractivity contribution in [2.45, 2.75) is 57.4 Å². The molecule has 20 heavy (non-hydrogen) atoms. The van der Waals surface area contributed by atoms with Gasteiger partial charge in [0.05, 0.1) is 10.5 Å². The van der Waals surface area contributed by atoms with Gasteiger partial charge in [-0.05, 0) is 47.0 Å². The van der Waals surface area contributed by atoms with E-state index in [-0.39, 0.29) is 18.2 Å². The van der Waals surface area contributed by atoms with Crippen LogP contribution < -0.4 is 11.1 Å². The van der Waals surface area contributed by atoms with Crippen molar-refractivity contribution >= 4 is 15.9 Å². The second-order valence-corrected chi connectivity index (χ2v) is 9.55. The molecular weight excluding hydrogens is 280 g/mol. The molecule has 1 fully saturated rings. The largest absolute Gasteiger partial charge is 0.444 e. The summed E-state index contributed by atoms with van der Waals surface area (Å²) in [6, 6.07) is -0.408. The molecule has 0 spiro atoms. The Hall–Kier alpha value is -0.820. The van der Waals surface area contributed by atoms with E-state index in [0.29, 0.717) is 6.42 Å². The first-order valence-electron chi connectivity index (χ1n) is 6.81. The zero-order chi connectivity index (χ0) is 15.8. The molecule has 2 unspecified atom stereocenters. The van der Waals surface area contributed by atoms with Crippen LogP contribution >= 0.6 is 0 Å². The van der Waals surface area contributed by atoms with Gasteiger partial charge >= 0.3 is 6.09 Å². The average molecular weight is 306 g/mol. The molecule has 118 valence electrons. The van der Waals surface area contributed by atoms with Crippen molar-refractivity contribution in [1.82, 2.24) is 5.32 Å². The molecule has 1 amide bonds. The number of hydrogen-bond donors (Lipinski definition) is 2. The fraction of sp³-hybridized carbons (Fsp3) is 0.923. The van der Waals surface area contributed by atoms with Crippen LogP contribution in [-0.2, 0) is 14.6 Å². The molecule has 0 aromatic carbocycles. The van der Waals surface area contributed by atoms with Gasteiger partial charge in [-0.1, -0.05) is 0 Å². The van der Waals surface area contributed by atoms with E-state index in [1.54, 1.807) is 34.6 Å². The molecule has 1 aliphatic rings. The minimum absolute atomic E-state index is 0.158. The summed E-state index contributed by atoms with van der Waals surface area (Å²) in [4.78, 5) is 11.6. The second-order valence-electron chi connectivity index (χ2n) is 6.86. The van der Waals surface area contributed by atoms with Crippen molar-refractivity contribution in [3.63, 3.8) is 0 Å². The van der Waals surface area contributed by atoms with E-state index in [2.05, 4.69) is 5.32 Å². The smallest absolute Gasteiger partial charge is 0.407 e. The van der Waals surface area contributed by atoms with Crippen molar-refractivity contribution in [3.8, 4) is 0 Å². The minimum atomic E-state index is -3.11. The Morgan fingerprint density at radius 1 is 1.45 bits per heavy atom. The molecular formula is C13H26N2O4S. The van der Waals surface area contributed by atoms with Gasteiger partial charge in [0.2, 0.25) is 0 Å². The highest BCUT2D eigenvalue weighted by atomic mass is 32.2. The number of hydrogen-bond acceptors (Lipinski definition) is 5. The first kappa shape index (κ1) is 17.2. The number of carbonyl (C=O) groups excluding carboxylic acids is 1. The summed E-state index contributed by atoms with van der Waals surface area (Å²) in [7, 11) is -3.11. The lowest BCUT2D eigenvalue weighted by Crippen LogP contribution is -2.49. The Bertz CT molecular complexity index is 465. The number of alkyl carbamates (subject to hydrolysis) is 1. The molecule has 3 N–H and O–H groups in total. The third-order valence-electron chi connectivity index (χ3n) is 3.79. The number of carbonyl (C=O) groups is 1. The number of sulfone groups is 1. The normalized spacial score (nSPS) is 26.0. The van der Waals surface area contributed by atoms with Gasteiger partial charge in [-0.3, -0.25) is 0 Å². The zero-order valence-electron chi connectivity index (χ0n) is 12.9. The van der Waals surface area contributed by atoms with E-state index < -0.39 is 32.3 Å². The molecule has 1 saturated heterocycles. The minimum Gasteiger partial charge on any atom is -0.444 e. The highest BCUT2D eigenvalue weighted by Gasteiger charge is 2.49. The van der Waals surface area contributed by atoms with E-state index in [4.69, 9.17) is 10.5 Å². The number of amides is 1. The van der Waals surface area contributed by atoms with Gasteiger partial charge in [-0.15, -0.1) is 0 Å². The van der Waals surface area contributed by atoms with E-state index >= 15 is 0 Å². The van der Waals surface area contributed by atoms with Crippen LogP contribution in [0.5, 0.6) is 0 Å². The summed E-state index contributed by atoms with van der Waals surface area (Å²) >= 11 is 0. The second kappa shape index (κ2) is 5.52. The highest BCUT2D eigenvalue weighted by Crippen LogP contribution is 2.38. The number of rotatable bonds is 3. The standard InChI is InChI=1S/C13H26N2O4S/c1-12(2,3)19-11(16)15-8-10(14)9-6-7-20(17,18)13(9,4)5/h9-10H,6-8,14H2,1-5H3,(H,15,16). The quantitative estimate of drug-likeness (QED) is 0.812. The van der Waals surface area contributed by atoms with Crippen LogP contribution in [0.4, 0.5) is 4.79 Å². The summed E-state index contributed by atoms with van der Waals surface area (Å²) in [6.45, 7) is 8.94. The van der Waals surface area contributed by atoms with Crippen LogP contribution in [-0.4, -0.2) is 43.2 Å². The zero-order valence-corrected chi connectivity index (χ0v) is 13.7. The van der Waals surface area contributed by atoms with Gasteiger partial charge in [0.15, 0.2) is 9.84 Å². The van der Waals surface area contributed by atoms with Crippen LogP contribution in [0.15, 0.2) is 0 Å². The maximum Gasteiger partial charge on any atom is 0.407 e. The maximum atomic E-state index is 12.0. The summed E-state index contributed by atoms with van der Waals surface area (Å²) < 4.78 is 28.2. The topological polar surface area (TPSA) is 98.5 Å². The molecule has 0 bridgehead atoms. The lowest BCUT2D eigenvalue weighted by Gasteiger charge is -2.30. The Morgan fingerprint density at radius 2 is 2.00 bits per heavy atom. The van der Waals surface area contributed by atoms with E-state index in [0.717, 1.165) is 0 Å². The van der Waals surface area contributed by atoms with Crippen LogP contribution in [0.2, 0.25) is 0 Å². The fourth-order valence-electron chi connectivity index (χ4n) is 2.51. The third kappa shape index (κ3) is 3.85. The van der Waals surface area contributed by atoms with Gasteiger partial charge in [-0.2, -0.15) is 0 Å². The number of nitrogens with one attached hydrogen (secondary N) is 1. The molecule has 7 heteroatoms. The van der Waals surface area contributed by atoms with Crippen LogP contribution in [0, 0.1) is 5.92 Å². The summed E-state index contributed by atoms with van der Waals surface area (Å²) in [5.74, 6) is -0.00687. The highest BCUT2D eigenvalue weighted by molar-refractivity contribution is 7.93. The molecule has 6 nitrogen and oxygen atoms in total. The van der Waals surface area contributed by atoms with Crippen LogP contribution in [0.3, 0.4) is 0 Å². The summed E-state index contributed by atoms with van der Waals surface area (Å²) in [5, 5.41) is 2.60. The fourth-order valence-corrected chi connectivity index (χ4v) is 4.35. The van der Waals surface area contributed by atoms with Gasteiger partial charge in [0.25, 0.3) is 0 Å².